The third-order valence-electron chi connectivity index (χ3n) is 3.91. The van der Waals surface area contributed by atoms with E-state index >= 15 is 0 Å². The van der Waals surface area contributed by atoms with Crippen LogP contribution in [0, 0.1) is 0 Å². The zero-order valence-electron chi connectivity index (χ0n) is 15.6. The first-order chi connectivity index (χ1) is 13.6. The summed E-state index contributed by atoms with van der Waals surface area (Å²) in [6.07, 6.45) is 6.08. The molecule has 1 atom stereocenters. The van der Waals surface area contributed by atoms with Crippen molar-refractivity contribution in [1.82, 2.24) is 10.8 Å². The Labute approximate surface area is 168 Å². The minimum atomic E-state index is -0.582. The van der Waals surface area contributed by atoms with E-state index in [-0.39, 0.29) is 11.9 Å². The molecule has 7 heteroatoms. The molecule has 3 N–H and O–H groups in total. The highest BCUT2D eigenvalue weighted by molar-refractivity contribution is 7.98. The second-order valence-electron chi connectivity index (χ2n) is 6.01. The number of amides is 2. The summed E-state index contributed by atoms with van der Waals surface area (Å²) in [6, 6.07) is 15.9. The van der Waals surface area contributed by atoms with Gasteiger partial charge in [-0.25, -0.2) is 5.48 Å². The van der Waals surface area contributed by atoms with Crippen molar-refractivity contribution in [2.24, 2.45) is 0 Å². The fourth-order valence-electron chi connectivity index (χ4n) is 2.41. The van der Waals surface area contributed by atoms with Crippen LogP contribution in [0.15, 0.2) is 60.7 Å². The van der Waals surface area contributed by atoms with Gasteiger partial charge >= 0.3 is 0 Å². The van der Waals surface area contributed by atoms with E-state index in [0.717, 1.165) is 17.7 Å². The number of rotatable bonds is 10. The fourth-order valence-corrected chi connectivity index (χ4v) is 2.93. The normalized spacial score (nSPS) is 11.8. The number of hydrogen-bond donors (Lipinski definition) is 3. The quantitative estimate of drug-likeness (QED) is 0.324. The van der Waals surface area contributed by atoms with Gasteiger partial charge in [0.1, 0.15) is 12.4 Å². The Morgan fingerprint density at radius 3 is 2.50 bits per heavy atom. The van der Waals surface area contributed by atoms with Gasteiger partial charge in [-0.05, 0) is 54.3 Å². The summed E-state index contributed by atoms with van der Waals surface area (Å²) in [5.74, 6) is 0.722. The lowest BCUT2D eigenvalue weighted by Gasteiger charge is -2.18. The monoisotopic (exact) mass is 400 g/mol. The van der Waals surface area contributed by atoms with Crippen molar-refractivity contribution in [3.63, 3.8) is 0 Å². The largest absolute Gasteiger partial charge is 0.491 e. The maximum atomic E-state index is 12.2. The highest BCUT2D eigenvalue weighted by Crippen LogP contribution is 2.13. The minimum absolute atomic E-state index is 0.138. The Kier molecular flexibility index (Phi) is 9.10. The van der Waals surface area contributed by atoms with Crippen LogP contribution in [0.5, 0.6) is 5.75 Å². The molecule has 0 saturated heterocycles. The summed E-state index contributed by atoms with van der Waals surface area (Å²) in [4.78, 5) is 23.6. The SMILES string of the molecule is CSCCC(COc1ccc(C(=O)NO)cc1)NC(=O)/C=C/c1ccccc1. The van der Waals surface area contributed by atoms with Crippen LogP contribution >= 0.6 is 11.8 Å². The average Bonchev–Trinajstić information content (AvgIpc) is 2.74. The predicted octanol–water partition coefficient (Wildman–Crippen LogP) is 3.14. The molecule has 0 fully saturated rings. The van der Waals surface area contributed by atoms with E-state index in [4.69, 9.17) is 9.94 Å². The Bertz CT molecular complexity index is 779. The molecule has 0 aliphatic rings. The van der Waals surface area contributed by atoms with Gasteiger partial charge in [0.15, 0.2) is 0 Å². The van der Waals surface area contributed by atoms with Crippen molar-refractivity contribution in [2.75, 3.05) is 18.6 Å². The standard InChI is InChI=1S/C21H24N2O4S/c1-28-14-13-18(22-20(24)12-7-16-5-3-2-4-6-16)15-27-19-10-8-17(9-11-19)21(25)23-26/h2-12,18,26H,13-15H2,1H3,(H,22,24)(H,23,25)/b12-7+. The van der Waals surface area contributed by atoms with Crippen LogP contribution in [0.3, 0.4) is 0 Å². The number of hydroxylamine groups is 1. The van der Waals surface area contributed by atoms with Crippen LogP contribution in [-0.2, 0) is 4.79 Å². The first-order valence-corrected chi connectivity index (χ1v) is 10.2. The Morgan fingerprint density at radius 2 is 1.86 bits per heavy atom. The van der Waals surface area contributed by atoms with E-state index in [1.165, 1.54) is 6.08 Å². The molecule has 2 rings (SSSR count). The van der Waals surface area contributed by atoms with Crippen molar-refractivity contribution in [3.8, 4) is 5.75 Å². The van der Waals surface area contributed by atoms with Crippen molar-refractivity contribution in [2.45, 2.75) is 12.5 Å². The molecule has 2 aromatic rings. The summed E-state index contributed by atoms with van der Waals surface area (Å²) < 4.78 is 5.75. The number of carbonyl (C=O) groups is 2. The van der Waals surface area contributed by atoms with Crippen LogP contribution in [0.1, 0.15) is 22.3 Å². The lowest BCUT2D eigenvalue weighted by molar-refractivity contribution is -0.117. The number of ether oxygens (including phenoxy) is 1. The number of carbonyl (C=O) groups excluding carboxylic acids is 2. The third kappa shape index (κ3) is 7.46. The Hall–Kier alpha value is -2.77. The molecular weight excluding hydrogens is 376 g/mol. The van der Waals surface area contributed by atoms with Crippen molar-refractivity contribution in [3.05, 3.63) is 71.8 Å². The third-order valence-corrected chi connectivity index (χ3v) is 4.56. The predicted molar refractivity (Wildman–Crippen MR) is 112 cm³/mol. The Morgan fingerprint density at radius 1 is 1.14 bits per heavy atom. The molecule has 0 aliphatic carbocycles. The van der Waals surface area contributed by atoms with Crippen molar-refractivity contribution >= 4 is 29.7 Å². The lowest BCUT2D eigenvalue weighted by Crippen LogP contribution is -2.38. The topological polar surface area (TPSA) is 87.7 Å². The lowest BCUT2D eigenvalue weighted by atomic mass is 10.2. The summed E-state index contributed by atoms with van der Waals surface area (Å²) in [5.41, 5.74) is 2.87. The maximum Gasteiger partial charge on any atom is 0.274 e. The van der Waals surface area contributed by atoms with Crippen LogP contribution in [0.4, 0.5) is 0 Å². The van der Waals surface area contributed by atoms with Crippen molar-refractivity contribution < 1.29 is 19.5 Å². The van der Waals surface area contributed by atoms with E-state index in [2.05, 4.69) is 5.32 Å². The number of nitrogens with one attached hydrogen (secondary N) is 2. The first-order valence-electron chi connectivity index (χ1n) is 8.82. The summed E-state index contributed by atoms with van der Waals surface area (Å²) in [7, 11) is 0. The van der Waals surface area contributed by atoms with E-state index in [0.29, 0.717) is 17.9 Å². The summed E-state index contributed by atoms with van der Waals surface area (Å²) >= 11 is 1.70. The number of hydrogen-bond acceptors (Lipinski definition) is 5. The van der Waals surface area contributed by atoms with E-state index in [1.807, 2.05) is 36.6 Å². The molecule has 0 aromatic heterocycles. The molecule has 6 nitrogen and oxygen atoms in total. The molecule has 2 aromatic carbocycles. The molecule has 0 heterocycles. The van der Waals surface area contributed by atoms with Gasteiger partial charge in [-0.1, -0.05) is 30.3 Å². The molecule has 2 amide bonds. The molecule has 0 aliphatic heterocycles. The van der Waals surface area contributed by atoms with Crippen LogP contribution < -0.4 is 15.5 Å². The van der Waals surface area contributed by atoms with Gasteiger partial charge in [-0.3, -0.25) is 14.8 Å². The first kappa shape index (κ1) is 21.5. The molecular formula is C21H24N2O4S. The van der Waals surface area contributed by atoms with Crippen LogP contribution in [0.2, 0.25) is 0 Å². The molecule has 0 bridgehead atoms. The minimum Gasteiger partial charge on any atom is -0.491 e. The second kappa shape index (κ2) is 11.8. The molecule has 0 radical (unpaired) electrons. The second-order valence-corrected chi connectivity index (χ2v) is 6.99. The average molecular weight is 401 g/mol. The zero-order valence-corrected chi connectivity index (χ0v) is 16.4. The van der Waals surface area contributed by atoms with Gasteiger partial charge in [0.25, 0.3) is 5.91 Å². The zero-order chi connectivity index (χ0) is 20.2. The van der Waals surface area contributed by atoms with E-state index < -0.39 is 5.91 Å². The van der Waals surface area contributed by atoms with Gasteiger partial charge in [-0.15, -0.1) is 0 Å². The Balaban J connectivity index is 1.90. The van der Waals surface area contributed by atoms with Crippen molar-refractivity contribution in [1.29, 1.82) is 0 Å². The summed E-state index contributed by atoms with van der Waals surface area (Å²) in [5, 5.41) is 11.6. The molecule has 0 spiro atoms. The molecule has 148 valence electrons. The van der Waals surface area contributed by atoms with Gasteiger partial charge < -0.3 is 10.1 Å². The summed E-state index contributed by atoms with van der Waals surface area (Å²) in [6.45, 7) is 0.316. The smallest absolute Gasteiger partial charge is 0.274 e. The van der Waals surface area contributed by atoms with E-state index in [1.54, 1.807) is 47.6 Å². The molecule has 0 saturated carbocycles. The number of benzene rings is 2. The van der Waals surface area contributed by atoms with Crippen LogP contribution in [-0.4, -0.2) is 41.7 Å². The van der Waals surface area contributed by atoms with Gasteiger partial charge in [0.2, 0.25) is 5.91 Å². The van der Waals surface area contributed by atoms with Gasteiger partial charge in [0, 0.05) is 11.6 Å². The van der Waals surface area contributed by atoms with Crippen LogP contribution in [0.25, 0.3) is 6.08 Å². The van der Waals surface area contributed by atoms with Gasteiger partial charge in [-0.2, -0.15) is 11.8 Å². The fraction of sp³-hybridized carbons (Fsp3) is 0.238. The molecule has 28 heavy (non-hydrogen) atoms. The van der Waals surface area contributed by atoms with E-state index in [9.17, 15) is 9.59 Å². The highest BCUT2D eigenvalue weighted by Gasteiger charge is 2.12. The number of thioether (sulfide) groups is 1. The van der Waals surface area contributed by atoms with Gasteiger partial charge in [0.05, 0.1) is 6.04 Å². The maximum absolute atomic E-state index is 12.2. The highest BCUT2D eigenvalue weighted by atomic mass is 32.2. The molecule has 1 unspecified atom stereocenters.